The van der Waals surface area contributed by atoms with E-state index in [0.29, 0.717) is 5.04 Å². The standard InChI is InChI=1S/C12H18N4S2/c1-4-14-9(2)17-11(13)7-5-6-8-12-16-15-10(3)18-12/h4,13-14H,1-2,5-8H2,3H3. The van der Waals surface area contributed by atoms with Crippen LogP contribution in [-0.2, 0) is 6.42 Å². The van der Waals surface area contributed by atoms with Gasteiger partial charge in [0.25, 0.3) is 0 Å². The van der Waals surface area contributed by atoms with Crippen molar-refractivity contribution in [1.82, 2.24) is 15.5 Å². The third kappa shape index (κ3) is 5.97. The first-order chi connectivity index (χ1) is 8.61. The summed E-state index contributed by atoms with van der Waals surface area (Å²) in [6.45, 7) is 9.30. The molecule has 1 aromatic heterocycles. The average molecular weight is 282 g/mol. The van der Waals surface area contributed by atoms with Gasteiger partial charge in [0.2, 0.25) is 0 Å². The van der Waals surface area contributed by atoms with Crippen molar-refractivity contribution in [2.24, 2.45) is 0 Å². The zero-order valence-corrected chi connectivity index (χ0v) is 12.2. The molecule has 0 radical (unpaired) electrons. The fourth-order valence-corrected chi connectivity index (χ4v) is 2.78. The van der Waals surface area contributed by atoms with Crippen molar-refractivity contribution in [1.29, 1.82) is 5.41 Å². The number of thioether (sulfide) groups is 1. The van der Waals surface area contributed by atoms with E-state index in [1.165, 1.54) is 11.8 Å². The highest BCUT2D eigenvalue weighted by Crippen LogP contribution is 2.17. The van der Waals surface area contributed by atoms with Gasteiger partial charge < -0.3 is 5.32 Å². The first-order valence-corrected chi connectivity index (χ1v) is 7.35. The lowest BCUT2D eigenvalue weighted by molar-refractivity contribution is 0.751. The van der Waals surface area contributed by atoms with E-state index in [2.05, 4.69) is 28.7 Å². The molecule has 0 atom stereocenters. The molecule has 2 N–H and O–H groups in total. The summed E-state index contributed by atoms with van der Waals surface area (Å²) in [5, 5.41) is 22.2. The van der Waals surface area contributed by atoms with Gasteiger partial charge in [-0.1, -0.05) is 24.9 Å². The molecule has 0 aliphatic rings. The van der Waals surface area contributed by atoms with Gasteiger partial charge in [-0.2, -0.15) is 0 Å². The molecular weight excluding hydrogens is 264 g/mol. The fraction of sp³-hybridized carbons (Fsp3) is 0.417. The number of rotatable bonds is 8. The first-order valence-electron chi connectivity index (χ1n) is 5.72. The Morgan fingerprint density at radius 3 is 2.89 bits per heavy atom. The zero-order valence-electron chi connectivity index (χ0n) is 10.5. The number of hydrogen-bond donors (Lipinski definition) is 2. The van der Waals surface area contributed by atoms with Gasteiger partial charge in [-0.05, 0) is 32.4 Å². The van der Waals surface area contributed by atoms with E-state index in [4.69, 9.17) is 5.41 Å². The van der Waals surface area contributed by atoms with Crippen LogP contribution >= 0.6 is 23.1 Å². The van der Waals surface area contributed by atoms with E-state index in [1.54, 1.807) is 17.5 Å². The molecule has 0 aliphatic heterocycles. The normalized spacial score (nSPS) is 10.1. The highest BCUT2D eigenvalue weighted by Gasteiger charge is 2.03. The molecule has 0 fully saturated rings. The summed E-state index contributed by atoms with van der Waals surface area (Å²) in [4.78, 5) is 0. The van der Waals surface area contributed by atoms with Gasteiger partial charge in [-0.25, -0.2) is 0 Å². The number of nitrogens with one attached hydrogen (secondary N) is 2. The second-order valence-corrected chi connectivity index (χ2v) is 6.17. The molecule has 0 saturated heterocycles. The second kappa shape index (κ2) is 8.05. The SMILES string of the molecule is C=CNC(=C)SC(=N)CCCCc1nnc(C)s1. The predicted octanol–water partition coefficient (Wildman–Crippen LogP) is 3.47. The lowest BCUT2D eigenvalue weighted by atomic mass is 10.2. The number of unbranched alkanes of at least 4 members (excludes halogenated alkanes) is 1. The molecule has 1 aromatic rings. The smallest absolute Gasteiger partial charge is 0.117 e. The molecule has 0 amide bonds. The van der Waals surface area contributed by atoms with Crippen LogP contribution < -0.4 is 5.32 Å². The second-order valence-electron chi connectivity index (χ2n) is 3.72. The molecule has 4 nitrogen and oxygen atoms in total. The topological polar surface area (TPSA) is 61.7 Å². The molecule has 6 heteroatoms. The highest BCUT2D eigenvalue weighted by atomic mass is 32.2. The zero-order chi connectivity index (χ0) is 13.4. The van der Waals surface area contributed by atoms with Crippen molar-refractivity contribution in [3.05, 3.63) is 34.4 Å². The van der Waals surface area contributed by atoms with E-state index in [0.717, 1.165) is 40.7 Å². The number of aryl methyl sites for hydroxylation is 2. The Kier molecular flexibility index (Phi) is 6.67. The minimum Gasteiger partial charge on any atom is -0.357 e. The van der Waals surface area contributed by atoms with E-state index in [1.807, 2.05) is 6.92 Å². The molecule has 0 aliphatic carbocycles. The Hall–Kier alpha value is -1.14. The van der Waals surface area contributed by atoms with Gasteiger partial charge in [0.15, 0.2) is 0 Å². The van der Waals surface area contributed by atoms with Gasteiger partial charge in [0, 0.05) is 6.42 Å². The third-order valence-corrected chi connectivity index (χ3v) is 3.84. The molecule has 0 spiro atoms. The Morgan fingerprint density at radius 2 is 2.28 bits per heavy atom. The van der Waals surface area contributed by atoms with Gasteiger partial charge >= 0.3 is 0 Å². The fourth-order valence-electron chi connectivity index (χ4n) is 1.34. The molecule has 0 aromatic carbocycles. The van der Waals surface area contributed by atoms with Crippen LogP contribution in [0.4, 0.5) is 0 Å². The number of aromatic nitrogens is 2. The van der Waals surface area contributed by atoms with E-state index in [-0.39, 0.29) is 0 Å². The van der Waals surface area contributed by atoms with Crippen LogP contribution in [0.3, 0.4) is 0 Å². The molecule has 1 rings (SSSR count). The summed E-state index contributed by atoms with van der Waals surface area (Å²) in [5.41, 5.74) is 0. The van der Waals surface area contributed by atoms with Crippen LogP contribution in [0.2, 0.25) is 0 Å². The van der Waals surface area contributed by atoms with E-state index in [9.17, 15) is 0 Å². The lowest BCUT2D eigenvalue weighted by Crippen LogP contribution is -2.02. The minimum atomic E-state index is 0.628. The van der Waals surface area contributed by atoms with Crippen molar-refractivity contribution < 1.29 is 0 Å². The quantitative estimate of drug-likeness (QED) is 0.435. The molecule has 0 saturated carbocycles. The lowest BCUT2D eigenvalue weighted by Gasteiger charge is -2.05. The van der Waals surface area contributed by atoms with Crippen LogP contribution in [0.15, 0.2) is 24.4 Å². The molecule has 18 heavy (non-hydrogen) atoms. The Morgan fingerprint density at radius 1 is 1.50 bits per heavy atom. The average Bonchev–Trinajstić information content (AvgIpc) is 2.71. The number of nitrogens with zero attached hydrogens (tertiary/aromatic N) is 2. The van der Waals surface area contributed by atoms with E-state index >= 15 is 0 Å². The summed E-state index contributed by atoms with van der Waals surface area (Å²) in [6, 6.07) is 0. The molecule has 0 bridgehead atoms. The van der Waals surface area contributed by atoms with E-state index < -0.39 is 0 Å². The van der Waals surface area contributed by atoms with Crippen molar-refractivity contribution in [3.8, 4) is 0 Å². The Labute approximate surface area is 116 Å². The molecule has 0 unspecified atom stereocenters. The summed E-state index contributed by atoms with van der Waals surface area (Å²) in [6.07, 6.45) is 5.33. The van der Waals surface area contributed by atoms with Gasteiger partial charge in [0.1, 0.15) is 10.0 Å². The van der Waals surface area contributed by atoms with Crippen LogP contribution in [0.1, 0.15) is 29.3 Å². The first kappa shape index (κ1) is 14.9. The maximum absolute atomic E-state index is 7.79. The minimum absolute atomic E-state index is 0.628. The summed E-state index contributed by atoms with van der Waals surface area (Å²) < 4.78 is 0. The maximum atomic E-state index is 7.79. The molecule has 98 valence electrons. The highest BCUT2D eigenvalue weighted by molar-refractivity contribution is 8.17. The Bertz CT molecular complexity index is 425. The largest absolute Gasteiger partial charge is 0.357 e. The van der Waals surface area contributed by atoms with Crippen LogP contribution in [0, 0.1) is 12.3 Å². The summed E-state index contributed by atoms with van der Waals surface area (Å²) >= 11 is 3.00. The molecular formula is C12H18N4S2. The van der Waals surface area contributed by atoms with Crippen LogP contribution in [0.25, 0.3) is 0 Å². The van der Waals surface area contributed by atoms with Crippen LogP contribution in [0.5, 0.6) is 0 Å². The molecule has 1 heterocycles. The third-order valence-electron chi connectivity index (χ3n) is 2.12. The van der Waals surface area contributed by atoms with Crippen molar-refractivity contribution in [3.63, 3.8) is 0 Å². The van der Waals surface area contributed by atoms with Crippen molar-refractivity contribution in [2.75, 3.05) is 0 Å². The summed E-state index contributed by atoms with van der Waals surface area (Å²) in [7, 11) is 0. The number of hydrogen-bond acceptors (Lipinski definition) is 6. The predicted molar refractivity (Wildman–Crippen MR) is 80.0 cm³/mol. The van der Waals surface area contributed by atoms with Gasteiger partial charge in [-0.3, -0.25) is 5.41 Å². The van der Waals surface area contributed by atoms with Crippen LogP contribution in [-0.4, -0.2) is 15.2 Å². The van der Waals surface area contributed by atoms with Gasteiger partial charge in [0.05, 0.1) is 10.1 Å². The van der Waals surface area contributed by atoms with Gasteiger partial charge in [-0.15, -0.1) is 21.5 Å². The maximum Gasteiger partial charge on any atom is 0.117 e. The summed E-state index contributed by atoms with van der Waals surface area (Å²) in [5.74, 6) is 0. The Balaban J connectivity index is 2.12. The monoisotopic (exact) mass is 282 g/mol. The van der Waals surface area contributed by atoms with Crippen molar-refractivity contribution in [2.45, 2.75) is 32.6 Å². The van der Waals surface area contributed by atoms with Crippen molar-refractivity contribution >= 4 is 28.1 Å².